The molecule has 3 heteroatoms. The number of hydrogen-bond donors (Lipinski definition) is 1. The van der Waals surface area contributed by atoms with E-state index in [9.17, 15) is 4.39 Å². The number of benzene rings is 1. The van der Waals surface area contributed by atoms with Crippen LogP contribution >= 0.6 is 0 Å². The Morgan fingerprint density at radius 2 is 2.24 bits per heavy atom. The molecule has 0 aromatic heterocycles. The van der Waals surface area contributed by atoms with Crippen molar-refractivity contribution in [2.24, 2.45) is 11.7 Å². The zero-order valence-corrected chi connectivity index (χ0v) is 10.4. The standard InChI is InChI=1S/C14H21FN2/c1-11-5-4-8-17(10-11)14(9-16)12-6-2-3-7-13(12)15/h2-3,6-7,11,14H,4-5,8-10,16H2,1H3/t11-,14-/m1/s1. The SMILES string of the molecule is C[C@@H]1CCCN([C@H](CN)c2ccccc2F)C1. The second kappa shape index (κ2) is 5.61. The van der Waals surface area contributed by atoms with Gasteiger partial charge in [0, 0.05) is 24.7 Å². The Morgan fingerprint density at radius 3 is 2.88 bits per heavy atom. The van der Waals surface area contributed by atoms with E-state index >= 15 is 0 Å². The van der Waals surface area contributed by atoms with E-state index in [0.717, 1.165) is 18.7 Å². The molecule has 0 amide bonds. The third-order valence-electron chi connectivity index (χ3n) is 3.62. The molecular weight excluding hydrogens is 215 g/mol. The minimum Gasteiger partial charge on any atom is -0.329 e. The number of likely N-dealkylation sites (tertiary alicyclic amines) is 1. The highest BCUT2D eigenvalue weighted by Gasteiger charge is 2.25. The Morgan fingerprint density at radius 1 is 1.47 bits per heavy atom. The summed E-state index contributed by atoms with van der Waals surface area (Å²) in [5.74, 6) is 0.547. The van der Waals surface area contributed by atoms with Crippen LogP contribution in [0.1, 0.15) is 31.4 Å². The van der Waals surface area contributed by atoms with Crippen LogP contribution in [0.3, 0.4) is 0 Å². The van der Waals surface area contributed by atoms with Crippen molar-refractivity contribution in [1.29, 1.82) is 0 Å². The summed E-state index contributed by atoms with van der Waals surface area (Å²) < 4.78 is 13.8. The minimum absolute atomic E-state index is 0.0268. The van der Waals surface area contributed by atoms with Gasteiger partial charge in [0.2, 0.25) is 0 Å². The van der Waals surface area contributed by atoms with Crippen molar-refractivity contribution in [1.82, 2.24) is 4.90 Å². The van der Waals surface area contributed by atoms with Crippen LogP contribution in [0.2, 0.25) is 0 Å². The van der Waals surface area contributed by atoms with E-state index in [1.165, 1.54) is 18.9 Å². The van der Waals surface area contributed by atoms with Crippen LogP contribution in [0.4, 0.5) is 4.39 Å². The molecule has 0 spiro atoms. The molecule has 0 radical (unpaired) electrons. The molecule has 1 heterocycles. The number of nitrogens with two attached hydrogens (primary N) is 1. The predicted octanol–water partition coefficient (Wildman–Crippen LogP) is 2.56. The molecule has 1 fully saturated rings. The van der Waals surface area contributed by atoms with Crippen LogP contribution in [0.15, 0.2) is 24.3 Å². The number of hydrogen-bond acceptors (Lipinski definition) is 2. The molecule has 1 saturated heterocycles. The van der Waals surface area contributed by atoms with Crippen molar-refractivity contribution in [2.75, 3.05) is 19.6 Å². The number of nitrogens with zero attached hydrogens (tertiary/aromatic N) is 1. The fraction of sp³-hybridized carbons (Fsp3) is 0.571. The Balaban J connectivity index is 2.18. The average molecular weight is 236 g/mol. The molecule has 0 bridgehead atoms. The maximum atomic E-state index is 13.8. The molecular formula is C14H21FN2. The van der Waals surface area contributed by atoms with Crippen molar-refractivity contribution >= 4 is 0 Å². The number of piperidine rings is 1. The summed E-state index contributed by atoms with van der Waals surface area (Å²) in [5.41, 5.74) is 6.58. The first kappa shape index (κ1) is 12.5. The molecule has 1 aliphatic heterocycles. The van der Waals surface area contributed by atoms with E-state index in [-0.39, 0.29) is 11.9 Å². The van der Waals surface area contributed by atoms with Gasteiger partial charge in [0.05, 0.1) is 0 Å². The summed E-state index contributed by atoms with van der Waals surface area (Å²) >= 11 is 0. The summed E-state index contributed by atoms with van der Waals surface area (Å²) in [7, 11) is 0. The van der Waals surface area contributed by atoms with Gasteiger partial charge in [-0.05, 0) is 31.4 Å². The quantitative estimate of drug-likeness (QED) is 0.874. The van der Waals surface area contributed by atoms with Crippen molar-refractivity contribution in [3.05, 3.63) is 35.6 Å². The Labute approximate surface area is 103 Å². The van der Waals surface area contributed by atoms with Crippen LogP contribution in [-0.4, -0.2) is 24.5 Å². The molecule has 2 rings (SSSR count). The lowest BCUT2D eigenvalue weighted by Crippen LogP contribution is -2.40. The molecule has 1 aromatic rings. The summed E-state index contributed by atoms with van der Waals surface area (Å²) in [4.78, 5) is 2.33. The second-order valence-corrected chi connectivity index (χ2v) is 5.02. The summed E-state index contributed by atoms with van der Waals surface area (Å²) in [6.45, 7) is 4.78. The molecule has 94 valence electrons. The third kappa shape index (κ3) is 2.85. The summed E-state index contributed by atoms with van der Waals surface area (Å²) in [6, 6.07) is 7.01. The molecule has 0 unspecified atom stereocenters. The Bertz CT molecular complexity index is 367. The lowest BCUT2D eigenvalue weighted by molar-refractivity contribution is 0.131. The van der Waals surface area contributed by atoms with Crippen LogP contribution in [0, 0.1) is 11.7 Å². The molecule has 2 nitrogen and oxygen atoms in total. The van der Waals surface area contributed by atoms with Crippen molar-refractivity contribution in [2.45, 2.75) is 25.8 Å². The van der Waals surface area contributed by atoms with Gasteiger partial charge < -0.3 is 5.73 Å². The van der Waals surface area contributed by atoms with E-state index in [2.05, 4.69) is 11.8 Å². The highest BCUT2D eigenvalue weighted by atomic mass is 19.1. The normalized spacial score (nSPS) is 23.6. The van der Waals surface area contributed by atoms with E-state index in [1.54, 1.807) is 6.07 Å². The van der Waals surface area contributed by atoms with Gasteiger partial charge in [0.25, 0.3) is 0 Å². The van der Waals surface area contributed by atoms with Crippen LogP contribution in [-0.2, 0) is 0 Å². The zero-order valence-electron chi connectivity index (χ0n) is 10.4. The molecule has 0 aliphatic carbocycles. The van der Waals surface area contributed by atoms with E-state index in [0.29, 0.717) is 12.5 Å². The fourth-order valence-electron chi connectivity index (χ4n) is 2.73. The maximum absolute atomic E-state index is 13.8. The first-order valence-electron chi connectivity index (χ1n) is 6.41. The minimum atomic E-state index is -0.138. The van der Waals surface area contributed by atoms with Gasteiger partial charge in [0.15, 0.2) is 0 Å². The smallest absolute Gasteiger partial charge is 0.128 e. The number of halogens is 1. The van der Waals surface area contributed by atoms with Crippen molar-refractivity contribution in [3.63, 3.8) is 0 Å². The van der Waals surface area contributed by atoms with Gasteiger partial charge in [-0.15, -0.1) is 0 Å². The second-order valence-electron chi connectivity index (χ2n) is 5.02. The zero-order chi connectivity index (χ0) is 12.3. The Kier molecular flexibility index (Phi) is 4.13. The van der Waals surface area contributed by atoms with E-state index in [1.807, 2.05) is 12.1 Å². The monoisotopic (exact) mass is 236 g/mol. The van der Waals surface area contributed by atoms with Crippen molar-refractivity contribution < 1.29 is 4.39 Å². The highest BCUT2D eigenvalue weighted by molar-refractivity contribution is 5.21. The first-order chi connectivity index (χ1) is 8.22. The molecule has 1 aliphatic rings. The molecule has 17 heavy (non-hydrogen) atoms. The molecule has 0 saturated carbocycles. The molecule has 1 aromatic carbocycles. The van der Waals surface area contributed by atoms with Crippen molar-refractivity contribution in [3.8, 4) is 0 Å². The summed E-state index contributed by atoms with van der Waals surface area (Å²) in [6.07, 6.45) is 2.46. The van der Waals surface area contributed by atoms with Gasteiger partial charge in [-0.25, -0.2) is 4.39 Å². The molecule has 2 N–H and O–H groups in total. The predicted molar refractivity (Wildman–Crippen MR) is 68.2 cm³/mol. The first-order valence-corrected chi connectivity index (χ1v) is 6.41. The summed E-state index contributed by atoms with van der Waals surface area (Å²) in [5, 5.41) is 0. The van der Waals surface area contributed by atoms with E-state index in [4.69, 9.17) is 5.73 Å². The Hall–Kier alpha value is -0.930. The molecule has 2 atom stereocenters. The fourth-order valence-corrected chi connectivity index (χ4v) is 2.73. The van der Waals surface area contributed by atoms with Crippen LogP contribution in [0.5, 0.6) is 0 Å². The van der Waals surface area contributed by atoms with Gasteiger partial charge in [-0.2, -0.15) is 0 Å². The van der Waals surface area contributed by atoms with Gasteiger partial charge in [-0.3, -0.25) is 4.90 Å². The number of rotatable bonds is 3. The van der Waals surface area contributed by atoms with Gasteiger partial charge in [0.1, 0.15) is 5.82 Å². The highest BCUT2D eigenvalue weighted by Crippen LogP contribution is 2.27. The largest absolute Gasteiger partial charge is 0.329 e. The van der Waals surface area contributed by atoms with Crippen LogP contribution < -0.4 is 5.73 Å². The van der Waals surface area contributed by atoms with E-state index < -0.39 is 0 Å². The lowest BCUT2D eigenvalue weighted by Gasteiger charge is -2.37. The maximum Gasteiger partial charge on any atom is 0.128 e. The van der Waals surface area contributed by atoms with Gasteiger partial charge >= 0.3 is 0 Å². The topological polar surface area (TPSA) is 29.3 Å². The van der Waals surface area contributed by atoms with Gasteiger partial charge in [-0.1, -0.05) is 25.1 Å². The van der Waals surface area contributed by atoms with Crippen LogP contribution in [0.25, 0.3) is 0 Å². The average Bonchev–Trinajstić information content (AvgIpc) is 2.33. The third-order valence-corrected chi connectivity index (χ3v) is 3.62. The lowest BCUT2D eigenvalue weighted by atomic mass is 9.96.